The fourth-order valence-corrected chi connectivity index (χ4v) is 2.27. The van der Waals surface area contributed by atoms with Crippen molar-refractivity contribution in [1.82, 2.24) is 10.5 Å². The Bertz CT molecular complexity index is 678. The van der Waals surface area contributed by atoms with Gasteiger partial charge in [-0.3, -0.25) is 4.79 Å². The highest BCUT2D eigenvalue weighted by molar-refractivity contribution is 5.96. The number of ether oxygens (including phenoxy) is 2. The van der Waals surface area contributed by atoms with Crippen LogP contribution in [0.1, 0.15) is 34.3 Å². The second kappa shape index (κ2) is 5.47. The Morgan fingerprint density at radius 3 is 2.95 bits per heavy atom. The van der Waals surface area contributed by atoms with Crippen LogP contribution in [0, 0.1) is 6.92 Å². The molecule has 1 aromatic heterocycles. The lowest BCUT2D eigenvalue weighted by Crippen LogP contribution is -2.24. The quantitative estimate of drug-likeness (QED) is 0.933. The van der Waals surface area contributed by atoms with Crippen LogP contribution in [0.5, 0.6) is 11.5 Å². The summed E-state index contributed by atoms with van der Waals surface area (Å²) in [5.41, 5.74) is 2.08. The molecule has 0 unspecified atom stereocenters. The average Bonchev–Trinajstić information content (AvgIpc) is 3.10. The lowest BCUT2D eigenvalue weighted by Gasteiger charge is -2.06. The monoisotopic (exact) mass is 288 g/mol. The van der Waals surface area contributed by atoms with Gasteiger partial charge >= 0.3 is 0 Å². The van der Waals surface area contributed by atoms with Gasteiger partial charge < -0.3 is 19.3 Å². The lowest BCUT2D eigenvalue weighted by molar-refractivity contribution is 0.0948. The van der Waals surface area contributed by atoms with Gasteiger partial charge in [0.05, 0.1) is 5.69 Å². The molecule has 6 nitrogen and oxygen atoms in total. The first-order valence-corrected chi connectivity index (χ1v) is 6.81. The fraction of sp³-hybridized carbons (Fsp3) is 0.333. The highest BCUT2D eigenvalue weighted by atomic mass is 16.7. The molecule has 0 atom stereocenters. The summed E-state index contributed by atoms with van der Waals surface area (Å²) in [6.07, 6.45) is 0.633. The van der Waals surface area contributed by atoms with Crippen molar-refractivity contribution in [2.45, 2.75) is 26.8 Å². The van der Waals surface area contributed by atoms with Gasteiger partial charge in [-0.1, -0.05) is 18.1 Å². The van der Waals surface area contributed by atoms with Crippen LogP contribution < -0.4 is 14.8 Å². The van der Waals surface area contributed by atoms with Gasteiger partial charge in [0.2, 0.25) is 6.79 Å². The maximum absolute atomic E-state index is 12.2. The predicted octanol–water partition coefficient (Wildman–Crippen LogP) is 2.20. The first-order chi connectivity index (χ1) is 10.2. The van der Waals surface area contributed by atoms with Crippen molar-refractivity contribution < 1.29 is 18.8 Å². The number of aromatic nitrogens is 1. The molecule has 0 saturated heterocycles. The highest BCUT2D eigenvalue weighted by Crippen LogP contribution is 2.32. The van der Waals surface area contributed by atoms with E-state index in [0.29, 0.717) is 35.7 Å². The van der Waals surface area contributed by atoms with Crippen molar-refractivity contribution in [2.24, 2.45) is 0 Å². The Morgan fingerprint density at radius 1 is 1.33 bits per heavy atom. The van der Waals surface area contributed by atoms with E-state index < -0.39 is 0 Å². The zero-order chi connectivity index (χ0) is 14.8. The number of fused-ring (bicyclic) bond motifs is 1. The topological polar surface area (TPSA) is 73.6 Å². The van der Waals surface area contributed by atoms with Crippen LogP contribution in [0.4, 0.5) is 0 Å². The largest absolute Gasteiger partial charge is 0.454 e. The van der Waals surface area contributed by atoms with E-state index in [1.54, 1.807) is 6.92 Å². The van der Waals surface area contributed by atoms with E-state index in [2.05, 4.69) is 10.5 Å². The first kappa shape index (κ1) is 13.5. The zero-order valence-corrected chi connectivity index (χ0v) is 11.9. The molecule has 3 rings (SSSR count). The Kier molecular flexibility index (Phi) is 3.51. The van der Waals surface area contributed by atoms with Crippen LogP contribution in [0.3, 0.4) is 0 Å². The molecule has 2 heterocycles. The fourth-order valence-electron chi connectivity index (χ4n) is 2.27. The van der Waals surface area contributed by atoms with Crippen LogP contribution in [-0.4, -0.2) is 17.9 Å². The molecule has 0 radical (unpaired) electrons. The van der Waals surface area contributed by atoms with Gasteiger partial charge in [-0.25, -0.2) is 0 Å². The Balaban J connectivity index is 1.70. The van der Waals surface area contributed by atoms with Gasteiger partial charge in [0.25, 0.3) is 5.91 Å². The number of hydrogen-bond donors (Lipinski definition) is 1. The van der Waals surface area contributed by atoms with E-state index >= 15 is 0 Å². The van der Waals surface area contributed by atoms with Crippen molar-refractivity contribution in [1.29, 1.82) is 0 Å². The summed E-state index contributed by atoms with van der Waals surface area (Å²) in [7, 11) is 0. The van der Waals surface area contributed by atoms with Crippen LogP contribution in [0.25, 0.3) is 0 Å². The van der Waals surface area contributed by atoms with E-state index in [9.17, 15) is 4.79 Å². The standard InChI is InChI=1S/C15H16N2O4/c1-3-11-14(9(2)17-21-11)15(18)16-7-10-4-5-12-13(6-10)20-8-19-12/h4-6H,3,7-8H2,1-2H3,(H,16,18). The van der Waals surface area contributed by atoms with Gasteiger partial charge in [-0.2, -0.15) is 0 Å². The smallest absolute Gasteiger partial charge is 0.257 e. The Hall–Kier alpha value is -2.50. The minimum absolute atomic E-state index is 0.178. The number of nitrogens with one attached hydrogen (secondary N) is 1. The molecule has 1 N–H and O–H groups in total. The normalized spacial score (nSPS) is 12.5. The van der Waals surface area contributed by atoms with Gasteiger partial charge in [-0.05, 0) is 24.6 Å². The molecule has 21 heavy (non-hydrogen) atoms. The summed E-state index contributed by atoms with van der Waals surface area (Å²) in [4.78, 5) is 12.2. The van der Waals surface area contributed by atoms with E-state index in [-0.39, 0.29) is 12.7 Å². The molecular formula is C15H16N2O4. The van der Waals surface area contributed by atoms with Crippen molar-refractivity contribution >= 4 is 5.91 Å². The Labute approximate surface area is 122 Å². The summed E-state index contributed by atoms with van der Waals surface area (Å²) >= 11 is 0. The van der Waals surface area contributed by atoms with E-state index in [1.165, 1.54) is 0 Å². The minimum Gasteiger partial charge on any atom is -0.454 e. The third-order valence-corrected chi connectivity index (χ3v) is 3.37. The number of carbonyl (C=O) groups is 1. The van der Waals surface area contributed by atoms with Crippen molar-refractivity contribution in [2.75, 3.05) is 6.79 Å². The third-order valence-electron chi connectivity index (χ3n) is 3.37. The molecule has 110 valence electrons. The highest BCUT2D eigenvalue weighted by Gasteiger charge is 2.19. The molecule has 0 fully saturated rings. The minimum atomic E-state index is -0.178. The third kappa shape index (κ3) is 2.56. The number of benzene rings is 1. The van der Waals surface area contributed by atoms with Crippen LogP contribution >= 0.6 is 0 Å². The number of amides is 1. The maximum atomic E-state index is 12.2. The molecule has 1 aromatic carbocycles. The molecule has 6 heteroatoms. The lowest BCUT2D eigenvalue weighted by atomic mass is 10.1. The Morgan fingerprint density at radius 2 is 2.14 bits per heavy atom. The first-order valence-electron chi connectivity index (χ1n) is 6.81. The maximum Gasteiger partial charge on any atom is 0.257 e. The molecule has 0 saturated carbocycles. The van der Waals surface area contributed by atoms with Crippen LogP contribution in [0.15, 0.2) is 22.7 Å². The van der Waals surface area contributed by atoms with E-state index in [0.717, 1.165) is 11.3 Å². The molecule has 1 amide bonds. The molecule has 1 aliphatic heterocycles. The van der Waals surface area contributed by atoms with Crippen molar-refractivity contribution in [3.8, 4) is 11.5 Å². The zero-order valence-electron chi connectivity index (χ0n) is 11.9. The number of nitrogens with zero attached hydrogens (tertiary/aromatic N) is 1. The molecule has 1 aliphatic rings. The number of carbonyl (C=O) groups excluding carboxylic acids is 1. The number of rotatable bonds is 4. The van der Waals surface area contributed by atoms with Gasteiger partial charge in [0.1, 0.15) is 11.3 Å². The summed E-state index contributed by atoms with van der Waals surface area (Å²) < 4.78 is 15.7. The predicted molar refractivity (Wildman–Crippen MR) is 74.4 cm³/mol. The van der Waals surface area contributed by atoms with E-state index in [1.807, 2.05) is 25.1 Å². The average molecular weight is 288 g/mol. The van der Waals surface area contributed by atoms with Crippen molar-refractivity contribution in [3.05, 3.63) is 40.8 Å². The second-order valence-corrected chi connectivity index (χ2v) is 4.79. The van der Waals surface area contributed by atoms with E-state index in [4.69, 9.17) is 14.0 Å². The summed E-state index contributed by atoms with van der Waals surface area (Å²) in [5, 5.41) is 6.71. The summed E-state index contributed by atoms with van der Waals surface area (Å²) in [6, 6.07) is 5.60. The van der Waals surface area contributed by atoms with Gasteiger partial charge in [-0.15, -0.1) is 0 Å². The molecule has 0 bridgehead atoms. The van der Waals surface area contributed by atoms with Gasteiger partial charge in [0, 0.05) is 13.0 Å². The summed E-state index contributed by atoms with van der Waals surface area (Å²) in [6.45, 7) is 4.33. The van der Waals surface area contributed by atoms with Crippen LogP contribution in [-0.2, 0) is 13.0 Å². The SMILES string of the molecule is CCc1onc(C)c1C(=O)NCc1ccc2c(c1)OCO2. The van der Waals surface area contributed by atoms with Crippen molar-refractivity contribution in [3.63, 3.8) is 0 Å². The molecule has 0 aliphatic carbocycles. The molecule has 0 spiro atoms. The second-order valence-electron chi connectivity index (χ2n) is 4.79. The molecular weight excluding hydrogens is 272 g/mol. The molecule has 2 aromatic rings. The van der Waals surface area contributed by atoms with Gasteiger partial charge in [0.15, 0.2) is 11.5 Å². The summed E-state index contributed by atoms with van der Waals surface area (Å²) in [5.74, 6) is 1.87. The van der Waals surface area contributed by atoms with Crippen LogP contribution in [0.2, 0.25) is 0 Å². The number of hydrogen-bond acceptors (Lipinski definition) is 5. The number of aryl methyl sites for hydroxylation is 2.